The van der Waals surface area contributed by atoms with E-state index >= 15 is 0 Å². The van der Waals surface area contributed by atoms with E-state index in [0.717, 1.165) is 11.3 Å². The minimum atomic E-state index is -0.0354. The molecule has 2 rings (SSSR count). The number of carbonyl (C=O) groups excluding carboxylic acids is 1. The Bertz CT molecular complexity index is 606. The van der Waals surface area contributed by atoms with Crippen LogP contribution in [0.5, 0.6) is 0 Å². The molecule has 0 radical (unpaired) electrons. The van der Waals surface area contributed by atoms with Gasteiger partial charge in [0.1, 0.15) is 0 Å². The predicted molar refractivity (Wildman–Crippen MR) is 82.1 cm³/mol. The van der Waals surface area contributed by atoms with Crippen molar-refractivity contribution in [2.24, 2.45) is 5.10 Å². The second kappa shape index (κ2) is 6.52. The number of amides is 1. The van der Waals surface area contributed by atoms with Crippen LogP contribution in [0.4, 0.5) is 5.69 Å². The summed E-state index contributed by atoms with van der Waals surface area (Å²) >= 11 is 0. The van der Waals surface area contributed by atoms with Crippen LogP contribution in [0, 0.1) is 0 Å². The van der Waals surface area contributed by atoms with Crippen molar-refractivity contribution in [1.29, 1.82) is 0 Å². The molecule has 0 saturated heterocycles. The summed E-state index contributed by atoms with van der Waals surface area (Å²) in [5.74, 6) is -0.0354. The average Bonchev–Trinajstić information content (AvgIpc) is 2.48. The van der Waals surface area contributed by atoms with Gasteiger partial charge in [0.25, 0.3) is 5.91 Å². The predicted octanol–water partition coefficient (Wildman–Crippen LogP) is 2.83. The lowest BCUT2D eigenvalue weighted by molar-refractivity contribution is 0.0827. The fraction of sp³-hybridized carbons (Fsp3) is 0.125. The maximum absolute atomic E-state index is 12.0. The smallest absolute Gasteiger partial charge is 0.254 e. The van der Waals surface area contributed by atoms with E-state index in [0.29, 0.717) is 5.56 Å². The molecule has 1 N–H and O–H groups in total. The Morgan fingerprint density at radius 2 is 1.70 bits per heavy atom. The van der Waals surface area contributed by atoms with Gasteiger partial charge in [-0.1, -0.05) is 36.4 Å². The Morgan fingerprint density at radius 3 is 2.40 bits per heavy atom. The van der Waals surface area contributed by atoms with Crippen molar-refractivity contribution in [3.05, 3.63) is 65.7 Å². The lowest BCUT2D eigenvalue weighted by atomic mass is 10.1. The van der Waals surface area contributed by atoms with E-state index in [1.807, 2.05) is 48.5 Å². The highest BCUT2D eigenvalue weighted by Gasteiger charge is 2.10. The highest BCUT2D eigenvalue weighted by molar-refractivity contribution is 6.02. The maximum Gasteiger partial charge on any atom is 0.254 e. The Labute approximate surface area is 118 Å². The zero-order valence-corrected chi connectivity index (χ0v) is 11.6. The molecule has 0 aliphatic carbocycles. The molecule has 0 unspecified atom stereocenters. The molecule has 0 atom stereocenters. The molecule has 102 valence electrons. The number of para-hydroxylation sites is 1. The van der Waals surface area contributed by atoms with E-state index in [1.165, 1.54) is 0 Å². The molecular formula is C16H17N3O. The van der Waals surface area contributed by atoms with Crippen LogP contribution in [-0.2, 0) is 0 Å². The van der Waals surface area contributed by atoms with Gasteiger partial charge in [-0.15, -0.1) is 0 Å². The number of hydrogen-bond donors (Lipinski definition) is 1. The first-order valence-electron chi connectivity index (χ1n) is 6.33. The van der Waals surface area contributed by atoms with Crippen LogP contribution in [0.1, 0.15) is 15.9 Å². The number of carbonyl (C=O) groups is 1. The van der Waals surface area contributed by atoms with Gasteiger partial charge in [0.15, 0.2) is 0 Å². The van der Waals surface area contributed by atoms with Crippen LogP contribution >= 0.6 is 0 Å². The summed E-state index contributed by atoms with van der Waals surface area (Å²) in [6.07, 6.45) is 1.66. The molecule has 4 heteroatoms. The standard InChI is InChI=1S/C16H17N3O/c1-19(2)16(20)15-11-7-6-8-13(15)12-17-18-14-9-4-3-5-10-14/h3-12,18H,1-2H3. The molecule has 1 amide bonds. The van der Waals surface area contributed by atoms with Crippen molar-refractivity contribution in [2.45, 2.75) is 0 Å². The second-order valence-corrected chi connectivity index (χ2v) is 4.52. The van der Waals surface area contributed by atoms with E-state index in [9.17, 15) is 4.79 Å². The summed E-state index contributed by atoms with van der Waals surface area (Å²) in [7, 11) is 3.47. The molecule has 0 aliphatic rings. The number of benzene rings is 2. The molecule has 20 heavy (non-hydrogen) atoms. The second-order valence-electron chi connectivity index (χ2n) is 4.52. The monoisotopic (exact) mass is 267 g/mol. The van der Waals surface area contributed by atoms with Crippen molar-refractivity contribution in [1.82, 2.24) is 4.90 Å². The number of nitrogens with zero attached hydrogens (tertiary/aromatic N) is 2. The van der Waals surface area contributed by atoms with E-state index in [4.69, 9.17) is 0 Å². The molecule has 4 nitrogen and oxygen atoms in total. The van der Waals surface area contributed by atoms with Crippen LogP contribution < -0.4 is 5.43 Å². The van der Waals surface area contributed by atoms with Crippen LogP contribution in [0.2, 0.25) is 0 Å². The summed E-state index contributed by atoms with van der Waals surface area (Å²) in [6, 6.07) is 17.1. The third-order valence-corrected chi connectivity index (χ3v) is 2.77. The van der Waals surface area contributed by atoms with Gasteiger partial charge in [-0.3, -0.25) is 10.2 Å². The van der Waals surface area contributed by atoms with Crippen molar-refractivity contribution >= 4 is 17.8 Å². The van der Waals surface area contributed by atoms with Crippen molar-refractivity contribution in [2.75, 3.05) is 19.5 Å². The van der Waals surface area contributed by atoms with Gasteiger partial charge in [-0.05, 0) is 18.2 Å². The van der Waals surface area contributed by atoms with Crippen molar-refractivity contribution < 1.29 is 4.79 Å². The van der Waals surface area contributed by atoms with Crippen molar-refractivity contribution in [3.8, 4) is 0 Å². The number of hydrazone groups is 1. The minimum Gasteiger partial charge on any atom is -0.345 e. The zero-order valence-electron chi connectivity index (χ0n) is 11.6. The number of hydrogen-bond acceptors (Lipinski definition) is 3. The SMILES string of the molecule is CN(C)C(=O)c1ccccc1C=NNc1ccccc1. The Kier molecular flexibility index (Phi) is 4.50. The van der Waals surface area contributed by atoms with Gasteiger partial charge in [-0.25, -0.2) is 0 Å². The van der Waals surface area contributed by atoms with E-state index in [2.05, 4.69) is 10.5 Å². The van der Waals surface area contributed by atoms with Crippen LogP contribution in [0.25, 0.3) is 0 Å². The molecule has 0 bridgehead atoms. The van der Waals surface area contributed by atoms with Gasteiger partial charge >= 0.3 is 0 Å². The highest BCUT2D eigenvalue weighted by atomic mass is 16.2. The molecular weight excluding hydrogens is 250 g/mol. The molecule has 0 heterocycles. The summed E-state index contributed by atoms with van der Waals surface area (Å²) in [4.78, 5) is 13.6. The first kappa shape index (κ1) is 13.8. The third-order valence-electron chi connectivity index (χ3n) is 2.77. The van der Waals surface area contributed by atoms with Gasteiger partial charge in [0.2, 0.25) is 0 Å². The first-order chi connectivity index (χ1) is 9.68. The minimum absolute atomic E-state index is 0.0354. The van der Waals surface area contributed by atoms with Crippen LogP contribution in [-0.4, -0.2) is 31.1 Å². The highest BCUT2D eigenvalue weighted by Crippen LogP contribution is 2.09. The van der Waals surface area contributed by atoms with Gasteiger partial charge in [0, 0.05) is 25.2 Å². The lowest BCUT2D eigenvalue weighted by Crippen LogP contribution is -2.22. The largest absolute Gasteiger partial charge is 0.345 e. The van der Waals surface area contributed by atoms with Crippen LogP contribution in [0.15, 0.2) is 59.7 Å². The number of nitrogens with one attached hydrogen (secondary N) is 1. The maximum atomic E-state index is 12.0. The van der Waals surface area contributed by atoms with Gasteiger partial charge in [-0.2, -0.15) is 5.10 Å². The average molecular weight is 267 g/mol. The summed E-state index contributed by atoms with van der Waals surface area (Å²) < 4.78 is 0. The third kappa shape index (κ3) is 3.45. The number of anilines is 1. The fourth-order valence-corrected chi connectivity index (χ4v) is 1.73. The fourth-order valence-electron chi connectivity index (χ4n) is 1.73. The molecule has 2 aromatic carbocycles. The zero-order chi connectivity index (χ0) is 14.4. The molecule has 0 aliphatic heterocycles. The van der Waals surface area contributed by atoms with E-state index in [-0.39, 0.29) is 5.91 Å². The molecule has 0 spiro atoms. The molecule has 0 aromatic heterocycles. The quantitative estimate of drug-likeness (QED) is 0.684. The summed E-state index contributed by atoms with van der Waals surface area (Å²) in [5.41, 5.74) is 5.26. The molecule has 2 aromatic rings. The Morgan fingerprint density at radius 1 is 1.05 bits per heavy atom. The van der Waals surface area contributed by atoms with E-state index < -0.39 is 0 Å². The van der Waals surface area contributed by atoms with E-state index in [1.54, 1.807) is 31.3 Å². The Hall–Kier alpha value is -2.62. The Balaban J connectivity index is 2.15. The van der Waals surface area contributed by atoms with Gasteiger partial charge in [0.05, 0.1) is 11.9 Å². The molecule has 0 saturated carbocycles. The summed E-state index contributed by atoms with van der Waals surface area (Å²) in [5, 5.41) is 4.17. The topological polar surface area (TPSA) is 44.7 Å². The number of rotatable bonds is 4. The molecule has 0 fully saturated rings. The lowest BCUT2D eigenvalue weighted by Gasteiger charge is -2.11. The summed E-state index contributed by atoms with van der Waals surface area (Å²) in [6.45, 7) is 0. The first-order valence-corrected chi connectivity index (χ1v) is 6.33. The van der Waals surface area contributed by atoms with Crippen LogP contribution in [0.3, 0.4) is 0 Å². The van der Waals surface area contributed by atoms with Crippen molar-refractivity contribution in [3.63, 3.8) is 0 Å². The van der Waals surface area contributed by atoms with Gasteiger partial charge < -0.3 is 4.90 Å². The normalized spacial score (nSPS) is 10.5.